The van der Waals surface area contributed by atoms with Gasteiger partial charge in [-0.3, -0.25) is 0 Å². The largest absolute Gasteiger partial charge is 0.354 e. The molecule has 2 aromatic heterocycles. The van der Waals surface area contributed by atoms with Crippen molar-refractivity contribution in [3.05, 3.63) is 29.5 Å². The standard InChI is InChI=1S/C7H7N5S/c1-2-6(11-9-3-1)4-8-7-12-10-5-13-7/h1-3,5H,4H2,(H,8,12). The summed E-state index contributed by atoms with van der Waals surface area (Å²) in [4.78, 5) is 0. The highest BCUT2D eigenvalue weighted by atomic mass is 32.1. The third-order valence-corrected chi connectivity index (χ3v) is 2.06. The molecule has 1 N–H and O–H groups in total. The normalized spacial score (nSPS) is 9.85. The van der Waals surface area contributed by atoms with Crippen LogP contribution in [0.2, 0.25) is 0 Å². The Kier molecular flexibility index (Phi) is 2.42. The lowest BCUT2D eigenvalue weighted by Gasteiger charge is -1.98. The van der Waals surface area contributed by atoms with Gasteiger partial charge in [0.15, 0.2) is 0 Å². The zero-order valence-corrected chi connectivity index (χ0v) is 7.53. The summed E-state index contributed by atoms with van der Waals surface area (Å²) in [5.74, 6) is 0. The maximum Gasteiger partial charge on any atom is 0.205 e. The second-order valence-corrected chi connectivity index (χ2v) is 3.15. The number of hydrogen-bond acceptors (Lipinski definition) is 6. The summed E-state index contributed by atoms with van der Waals surface area (Å²) in [7, 11) is 0. The topological polar surface area (TPSA) is 63.6 Å². The van der Waals surface area contributed by atoms with Crippen LogP contribution < -0.4 is 5.32 Å². The lowest BCUT2D eigenvalue weighted by atomic mass is 10.4. The van der Waals surface area contributed by atoms with Crippen LogP contribution in [0.15, 0.2) is 23.8 Å². The Morgan fingerprint density at radius 3 is 3.00 bits per heavy atom. The van der Waals surface area contributed by atoms with E-state index in [1.807, 2.05) is 12.1 Å². The van der Waals surface area contributed by atoms with Gasteiger partial charge in [-0.25, -0.2) is 0 Å². The van der Waals surface area contributed by atoms with Gasteiger partial charge >= 0.3 is 0 Å². The number of nitrogens with one attached hydrogen (secondary N) is 1. The summed E-state index contributed by atoms with van der Waals surface area (Å²) in [5, 5.41) is 19.1. The molecule has 0 amide bonds. The first-order valence-electron chi connectivity index (χ1n) is 3.72. The first kappa shape index (κ1) is 8.06. The van der Waals surface area contributed by atoms with Gasteiger partial charge < -0.3 is 5.32 Å². The lowest BCUT2D eigenvalue weighted by molar-refractivity contribution is 0.919. The minimum atomic E-state index is 0.628. The van der Waals surface area contributed by atoms with E-state index in [1.54, 1.807) is 11.7 Å². The molecule has 0 bridgehead atoms. The summed E-state index contributed by atoms with van der Waals surface area (Å²) in [6, 6.07) is 3.76. The van der Waals surface area contributed by atoms with Crippen LogP contribution in [0, 0.1) is 0 Å². The smallest absolute Gasteiger partial charge is 0.205 e. The summed E-state index contributed by atoms with van der Waals surface area (Å²) >= 11 is 1.46. The van der Waals surface area contributed by atoms with E-state index in [9.17, 15) is 0 Å². The fourth-order valence-electron chi connectivity index (χ4n) is 0.844. The Morgan fingerprint density at radius 2 is 2.31 bits per heavy atom. The van der Waals surface area contributed by atoms with Gasteiger partial charge in [-0.2, -0.15) is 10.2 Å². The maximum atomic E-state index is 3.92. The first-order valence-corrected chi connectivity index (χ1v) is 4.60. The second kappa shape index (κ2) is 3.90. The van der Waals surface area contributed by atoms with Gasteiger partial charge in [0, 0.05) is 6.20 Å². The molecule has 13 heavy (non-hydrogen) atoms. The van der Waals surface area contributed by atoms with Gasteiger partial charge in [0.05, 0.1) is 12.2 Å². The van der Waals surface area contributed by atoms with E-state index in [0.29, 0.717) is 6.54 Å². The lowest BCUT2D eigenvalue weighted by Crippen LogP contribution is -2.01. The molecule has 6 heteroatoms. The zero-order chi connectivity index (χ0) is 8.93. The minimum Gasteiger partial charge on any atom is -0.354 e. The van der Waals surface area contributed by atoms with Crippen molar-refractivity contribution in [1.82, 2.24) is 20.4 Å². The van der Waals surface area contributed by atoms with Crippen LogP contribution in [0.25, 0.3) is 0 Å². The highest BCUT2D eigenvalue weighted by Gasteiger charge is 1.96. The molecule has 66 valence electrons. The van der Waals surface area contributed by atoms with E-state index >= 15 is 0 Å². The number of hydrogen-bond donors (Lipinski definition) is 1. The van der Waals surface area contributed by atoms with Crippen molar-refractivity contribution in [3.8, 4) is 0 Å². The predicted octanol–water partition coefficient (Wildman–Crippen LogP) is 0.940. The van der Waals surface area contributed by atoms with Crippen molar-refractivity contribution in [1.29, 1.82) is 0 Å². The molecule has 5 nitrogen and oxygen atoms in total. The number of nitrogens with zero attached hydrogens (tertiary/aromatic N) is 4. The molecule has 0 radical (unpaired) electrons. The fourth-order valence-corrected chi connectivity index (χ4v) is 1.29. The van der Waals surface area contributed by atoms with Gasteiger partial charge in [0.1, 0.15) is 5.51 Å². The van der Waals surface area contributed by atoms with Crippen molar-refractivity contribution in [2.24, 2.45) is 0 Å². The van der Waals surface area contributed by atoms with Crippen molar-refractivity contribution in [2.45, 2.75) is 6.54 Å². The Morgan fingerprint density at radius 1 is 1.31 bits per heavy atom. The van der Waals surface area contributed by atoms with E-state index in [2.05, 4.69) is 25.7 Å². The molecule has 0 aliphatic carbocycles. The van der Waals surface area contributed by atoms with Gasteiger partial charge in [0.2, 0.25) is 5.13 Å². The first-order chi connectivity index (χ1) is 6.45. The average molecular weight is 193 g/mol. The Labute approximate surface area is 78.9 Å². The number of anilines is 1. The minimum absolute atomic E-state index is 0.628. The average Bonchev–Trinajstić information content (AvgIpc) is 2.69. The Balaban J connectivity index is 1.94. The van der Waals surface area contributed by atoms with Crippen LogP contribution in [-0.4, -0.2) is 20.4 Å². The molecule has 0 aliphatic heterocycles. The van der Waals surface area contributed by atoms with Crippen molar-refractivity contribution in [3.63, 3.8) is 0 Å². The van der Waals surface area contributed by atoms with Crippen LogP contribution in [0.5, 0.6) is 0 Å². The maximum absolute atomic E-state index is 3.92. The van der Waals surface area contributed by atoms with Crippen LogP contribution in [0.3, 0.4) is 0 Å². The summed E-state index contributed by atoms with van der Waals surface area (Å²) in [5.41, 5.74) is 2.57. The highest BCUT2D eigenvalue weighted by molar-refractivity contribution is 7.13. The SMILES string of the molecule is c1cnnc(CNc2nncs2)c1. The van der Waals surface area contributed by atoms with E-state index in [4.69, 9.17) is 0 Å². The Hall–Kier alpha value is -1.56. The molecular weight excluding hydrogens is 186 g/mol. The van der Waals surface area contributed by atoms with Crippen LogP contribution in [-0.2, 0) is 6.54 Å². The molecule has 2 rings (SSSR count). The van der Waals surface area contributed by atoms with Crippen LogP contribution in [0.1, 0.15) is 5.69 Å². The molecule has 0 aliphatic rings. The third-order valence-electron chi connectivity index (χ3n) is 1.41. The van der Waals surface area contributed by atoms with Gasteiger partial charge in [-0.15, -0.1) is 10.2 Å². The predicted molar refractivity (Wildman–Crippen MR) is 49.3 cm³/mol. The van der Waals surface area contributed by atoms with Crippen molar-refractivity contribution < 1.29 is 0 Å². The van der Waals surface area contributed by atoms with Crippen molar-refractivity contribution in [2.75, 3.05) is 5.32 Å². The molecule has 0 saturated heterocycles. The second-order valence-electron chi connectivity index (χ2n) is 2.31. The molecular formula is C7H7N5S. The molecule has 0 aromatic carbocycles. The monoisotopic (exact) mass is 193 g/mol. The van der Waals surface area contributed by atoms with E-state index in [1.165, 1.54) is 11.3 Å². The van der Waals surface area contributed by atoms with Crippen molar-refractivity contribution >= 4 is 16.5 Å². The summed E-state index contributed by atoms with van der Waals surface area (Å²) in [6.07, 6.45) is 1.65. The van der Waals surface area contributed by atoms with E-state index in [-0.39, 0.29) is 0 Å². The highest BCUT2D eigenvalue weighted by Crippen LogP contribution is 2.08. The summed E-state index contributed by atoms with van der Waals surface area (Å²) < 4.78 is 0. The van der Waals surface area contributed by atoms with Crippen LogP contribution >= 0.6 is 11.3 Å². The van der Waals surface area contributed by atoms with Gasteiger partial charge in [0.25, 0.3) is 0 Å². The molecule has 0 unspecified atom stereocenters. The molecule has 0 atom stereocenters. The number of rotatable bonds is 3. The van der Waals surface area contributed by atoms with E-state index < -0.39 is 0 Å². The molecule has 0 spiro atoms. The molecule has 2 heterocycles. The molecule has 2 aromatic rings. The Bertz CT molecular complexity index is 346. The summed E-state index contributed by atoms with van der Waals surface area (Å²) in [6.45, 7) is 0.628. The van der Waals surface area contributed by atoms with E-state index in [0.717, 1.165) is 10.8 Å². The number of aromatic nitrogens is 4. The fraction of sp³-hybridized carbons (Fsp3) is 0.143. The molecule has 0 fully saturated rings. The third kappa shape index (κ3) is 2.19. The molecule has 0 saturated carbocycles. The van der Waals surface area contributed by atoms with Gasteiger partial charge in [-0.05, 0) is 12.1 Å². The van der Waals surface area contributed by atoms with Gasteiger partial charge in [-0.1, -0.05) is 11.3 Å². The quantitative estimate of drug-likeness (QED) is 0.786. The van der Waals surface area contributed by atoms with Crippen LogP contribution in [0.4, 0.5) is 5.13 Å². The zero-order valence-electron chi connectivity index (χ0n) is 6.71.